The summed E-state index contributed by atoms with van der Waals surface area (Å²) in [6.45, 7) is 0. The number of benzene rings is 1. The molecule has 0 fully saturated rings. The molecule has 0 saturated heterocycles. The molecule has 0 saturated carbocycles. The molecule has 1 aromatic carbocycles. The summed E-state index contributed by atoms with van der Waals surface area (Å²) >= 11 is 6.11. The van der Waals surface area contributed by atoms with Gasteiger partial charge < -0.3 is 10.8 Å². The lowest BCUT2D eigenvalue weighted by Gasteiger charge is -2.16. The Kier molecular flexibility index (Phi) is 3.23. The Morgan fingerprint density at radius 3 is 2.95 bits per heavy atom. The Morgan fingerprint density at radius 1 is 1.52 bits per heavy atom. The summed E-state index contributed by atoms with van der Waals surface area (Å²) in [4.78, 5) is 28.1. The average Bonchev–Trinajstić information content (AvgIpc) is 2.82. The van der Waals surface area contributed by atoms with Crippen molar-refractivity contribution in [2.45, 2.75) is 10.1 Å². The minimum Gasteiger partial charge on any atom is -0.493 e. The molecule has 21 heavy (non-hydrogen) atoms. The number of hydrogen-bond acceptors (Lipinski definition) is 4. The molecule has 3 rings (SSSR count). The standard InChI is InChI=1S/C13H9ClN3O3S/c14-7-3-1-2-4-8(7)21-6-5-17-12(20)9(10(15)18)11(19)16-13(17)21/h1-2,4-6,19,21H,(H2,15,18). The fourth-order valence-corrected chi connectivity index (χ4v) is 4.30. The molecule has 0 spiro atoms. The van der Waals surface area contributed by atoms with Gasteiger partial charge in [0, 0.05) is 17.2 Å². The van der Waals surface area contributed by atoms with Gasteiger partial charge in [-0.1, -0.05) is 23.7 Å². The minimum atomic E-state index is -1.14. The Bertz CT molecular complexity index is 847. The van der Waals surface area contributed by atoms with Crippen molar-refractivity contribution in [3.05, 3.63) is 50.6 Å². The molecule has 1 aromatic heterocycles. The van der Waals surface area contributed by atoms with Gasteiger partial charge in [-0.15, -0.1) is 10.9 Å². The highest BCUT2D eigenvalue weighted by Gasteiger charge is 2.26. The van der Waals surface area contributed by atoms with Crippen molar-refractivity contribution in [1.29, 1.82) is 0 Å². The third-order valence-corrected chi connectivity index (χ3v) is 5.46. The van der Waals surface area contributed by atoms with Gasteiger partial charge in [0.05, 0.1) is 5.02 Å². The van der Waals surface area contributed by atoms with E-state index in [2.05, 4.69) is 11.1 Å². The Morgan fingerprint density at radius 2 is 2.29 bits per heavy atom. The Labute approximate surface area is 126 Å². The van der Waals surface area contributed by atoms with Crippen molar-refractivity contribution in [3.8, 4) is 5.88 Å². The van der Waals surface area contributed by atoms with Crippen molar-refractivity contribution in [2.75, 3.05) is 0 Å². The van der Waals surface area contributed by atoms with E-state index in [9.17, 15) is 14.7 Å². The highest BCUT2D eigenvalue weighted by molar-refractivity contribution is 8.19. The lowest BCUT2D eigenvalue weighted by Crippen LogP contribution is -2.28. The molecule has 107 valence electrons. The predicted molar refractivity (Wildman–Crippen MR) is 79.8 cm³/mol. The summed E-state index contributed by atoms with van der Waals surface area (Å²) in [6, 6.07) is 8.11. The highest BCUT2D eigenvalue weighted by Crippen LogP contribution is 2.50. The third-order valence-electron chi connectivity index (χ3n) is 2.95. The zero-order chi connectivity index (χ0) is 15.1. The van der Waals surface area contributed by atoms with Crippen molar-refractivity contribution < 1.29 is 9.90 Å². The van der Waals surface area contributed by atoms with E-state index in [4.69, 9.17) is 17.3 Å². The maximum atomic E-state index is 12.2. The van der Waals surface area contributed by atoms with Gasteiger partial charge >= 0.3 is 0 Å². The number of primary amides is 1. The summed E-state index contributed by atoms with van der Waals surface area (Å²) in [6.07, 6.45) is 1.51. The van der Waals surface area contributed by atoms with Crippen LogP contribution in [-0.4, -0.2) is 20.6 Å². The number of aromatic nitrogens is 2. The molecule has 1 unspecified atom stereocenters. The molecule has 1 aliphatic rings. The van der Waals surface area contributed by atoms with Crippen molar-refractivity contribution in [3.63, 3.8) is 0 Å². The molecular formula is C13H9ClN3O3S. The van der Waals surface area contributed by atoms with Crippen LogP contribution < -0.4 is 11.3 Å². The van der Waals surface area contributed by atoms with Gasteiger partial charge in [0.15, 0.2) is 10.7 Å². The van der Waals surface area contributed by atoms with E-state index in [0.29, 0.717) is 10.2 Å². The number of nitrogens with two attached hydrogens (primary N) is 1. The lowest BCUT2D eigenvalue weighted by molar-refractivity contribution is 0.0994. The van der Waals surface area contributed by atoms with Gasteiger partial charge in [-0.25, -0.2) is 0 Å². The van der Waals surface area contributed by atoms with Crippen molar-refractivity contribution in [1.82, 2.24) is 9.55 Å². The molecule has 0 bridgehead atoms. The Hall–Kier alpha value is -2.25. The van der Waals surface area contributed by atoms with Gasteiger partial charge in [0.2, 0.25) is 5.88 Å². The maximum Gasteiger partial charge on any atom is 0.275 e. The van der Waals surface area contributed by atoms with Crippen LogP contribution in [0.25, 0.3) is 6.20 Å². The molecule has 1 amide bonds. The van der Waals surface area contributed by atoms with E-state index < -0.39 is 33.8 Å². The molecule has 0 aliphatic carbocycles. The fraction of sp³-hybridized carbons (Fsp3) is 0. The number of fused-ring (bicyclic) bond motifs is 1. The summed E-state index contributed by atoms with van der Waals surface area (Å²) in [7, 11) is -1.14. The van der Waals surface area contributed by atoms with Gasteiger partial charge in [-0.05, 0) is 11.5 Å². The molecule has 8 heteroatoms. The van der Waals surface area contributed by atoms with Gasteiger partial charge in [-0.2, -0.15) is 4.98 Å². The molecule has 1 atom stereocenters. The number of carbonyl (C=O) groups is 1. The number of rotatable bonds is 2. The van der Waals surface area contributed by atoms with Crippen molar-refractivity contribution in [2.24, 2.45) is 5.73 Å². The topological polar surface area (TPSA) is 98.2 Å². The van der Waals surface area contributed by atoms with Crippen LogP contribution in [-0.2, 0) is 0 Å². The normalized spacial score (nSPS) is 17.7. The van der Waals surface area contributed by atoms with E-state index in [-0.39, 0.29) is 0 Å². The number of hydrogen-bond donors (Lipinski definition) is 3. The summed E-state index contributed by atoms with van der Waals surface area (Å²) in [5.74, 6) is -1.68. The number of halogens is 1. The van der Waals surface area contributed by atoms with E-state index in [1.54, 1.807) is 23.6 Å². The maximum absolute atomic E-state index is 12.2. The molecule has 1 radical (unpaired) electrons. The number of aromatic hydroxyl groups is 1. The van der Waals surface area contributed by atoms with E-state index >= 15 is 0 Å². The quantitative estimate of drug-likeness (QED) is 0.574. The van der Waals surface area contributed by atoms with Crippen LogP contribution in [0.2, 0.25) is 5.02 Å². The number of amides is 1. The first-order valence-electron chi connectivity index (χ1n) is 5.79. The van der Waals surface area contributed by atoms with Crippen LogP contribution in [0.3, 0.4) is 0 Å². The number of nitrogens with zero attached hydrogens (tertiary/aromatic N) is 2. The van der Waals surface area contributed by atoms with E-state index in [0.717, 1.165) is 4.90 Å². The van der Waals surface area contributed by atoms with Crippen LogP contribution in [0.4, 0.5) is 0 Å². The van der Waals surface area contributed by atoms with E-state index in [1.165, 1.54) is 10.8 Å². The third kappa shape index (κ3) is 2.10. The van der Waals surface area contributed by atoms with Gasteiger partial charge in [-0.3, -0.25) is 14.2 Å². The molecule has 2 aromatic rings. The fourth-order valence-electron chi connectivity index (χ4n) is 2.01. The van der Waals surface area contributed by atoms with Gasteiger partial charge in [0.25, 0.3) is 11.5 Å². The number of thiol groups is 1. The second-order valence-corrected chi connectivity index (χ2v) is 6.49. The average molecular weight is 323 g/mol. The first-order valence-corrected chi connectivity index (χ1v) is 7.58. The number of carbonyl (C=O) groups excluding carboxylic acids is 1. The first kappa shape index (κ1) is 13.7. The Balaban J connectivity index is 2.22. The summed E-state index contributed by atoms with van der Waals surface area (Å²) in [5.41, 5.74) is 3.87. The summed E-state index contributed by atoms with van der Waals surface area (Å²) < 4.78 is 1.20. The second-order valence-electron chi connectivity index (χ2n) is 4.19. The molecule has 3 N–H and O–H groups in total. The van der Waals surface area contributed by atoms with E-state index in [1.807, 2.05) is 0 Å². The summed E-state index contributed by atoms with van der Waals surface area (Å²) in [5, 5.41) is 12.3. The SMILES string of the molecule is NC(=O)c1c(O)nc2n(c1=O)C=C[SH]2c1ccc[c]c1Cl. The first-order chi connectivity index (χ1) is 10.0. The molecular weight excluding hydrogens is 314 g/mol. The minimum absolute atomic E-state index is 0.332. The van der Waals surface area contributed by atoms with Crippen molar-refractivity contribution >= 4 is 34.6 Å². The van der Waals surface area contributed by atoms with Crippen LogP contribution in [0.5, 0.6) is 5.88 Å². The smallest absolute Gasteiger partial charge is 0.275 e. The van der Waals surface area contributed by atoms with Crippen LogP contribution in [0.15, 0.2) is 38.5 Å². The molecule has 1 aliphatic heterocycles. The lowest BCUT2D eigenvalue weighted by atomic mass is 10.3. The zero-order valence-electron chi connectivity index (χ0n) is 10.4. The highest BCUT2D eigenvalue weighted by atomic mass is 35.5. The van der Waals surface area contributed by atoms with Gasteiger partial charge in [0.1, 0.15) is 0 Å². The predicted octanol–water partition coefficient (Wildman–Crippen LogP) is 1.36. The van der Waals surface area contributed by atoms with Crippen LogP contribution in [0.1, 0.15) is 10.4 Å². The zero-order valence-corrected chi connectivity index (χ0v) is 12.1. The monoisotopic (exact) mass is 322 g/mol. The second kappa shape index (κ2) is 4.94. The molecule has 2 heterocycles. The molecule has 6 nitrogen and oxygen atoms in total. The largest absolute Gasteiger partial charge is 0.493 e. The van der Waals surface area contributed by atoms with Crippen LogP contribution in [0, 0.1) is 6.07 Å². The van der Waals surface area contributed by atoms with Crippen LogP contribution >= 0.6 is 22.5 Å².